The van der Waals surface area contributed by atoms with Gasteiger partial charge in [-0.15, -0.1) is 11.8 Å². The lowest BCUT2D eigenvalue weighted by Crippen LogP contribution is -2.23. The van der Waals surface area contributed by atoms with Crippen molar-refractivity contribution in [2.45, 2.75) is 31.2 Å². The molecule has 1 aromatic carbocycles. The molecule has 1 N–H and O–H groups in total. The molecule has 3 aromatic rings. The Labute approximate surface area is 195 Å². The lowest BCUT2D eigenvalue weighted by Gasteiger charge is -2.22. The van der Waals surface area contributed by atoms with Crippen molar-refractivity contribution < 1.29 is 14.3 Å². The number of benzene rings is 1. The third-order valence-corrected chi connectivity index (χ3v) is 6.93. The van der Waals surface area contributed by atoms with E-state index in [9.17, 15) is 9.59 Å². The van der Waals surface area contributed by atoms with E-state index in [4.69, 9.17) is 26.1 Å². The Hall–Kier alpha value is -2.29. The van der Waals surface area contributed by atoms with Gasteiger partial charge in [-0.3, -0.25) is 9.59 Å². The van der Waals surface area contributed by atoms with E-state index in [0.29, 0.717) is 38.7 Å². The highest BCUT2D eigenvalue weighted by molar-refractivity contribution is 7.99. The highest BCUT2D eigenvalue weighted by Crippen LogP contribution is 2.34. The molecule has 0 unspecified atom stereocenters. The Morgan fingerprint density at radius 1 is 1.28 bits per heavy atom. The van der Waals surface area contributed by atoms with E-state index in [2.05, 4.69) is 5.32 Å². The number of hydrogen-bond donors (Lipinski definition) is 1. The van der Waals surface area contributed by atoms with Gasteiger partial charge in [-0.25, -0.2) is 4.98 Å². The van der Waals surface area contributed by atoms with Gasteiger partial charge in [0.05, 0.1) is 27.4 Å². The summed E-state index contributed by atoms with van der Waals surface area (Å²) in [6.45, 7) is 4.31. The quantitative estimate of drug-likeness (QED) is 0.309. The summed E-state index contributed by atoms with van der Waals surface area (Å²) in [5.41, 5.74) is 0.903. The number of esters is 1. The average molecular weight is 476 g/mol. The Kier molecular flexibility index (Phi) is 7.23. The maximum absolute atomic E-state index is 13.3. The topological polar surface area (TPSA) is 82.5 Å². The molecule has 3 heterocycles. The smallest absolute Gasteiger partial charge is 0.326 e. The second-order valence-corrected chi connectivity index (χ2v) is 8.93. The van der Waals surface area contributed by atoms with Crippen LogP contribution >= 0.6 is 23.4 Å². The first-order valence-corrected chi connectivity index (χ1v) is 12.3. The SMILES string of the molecule is CCOC(=O)Cn1c2nc(NCC3CCOCC3)ccc2c(=O)c2ccc(Cl)c(SC)c21. The fourth-order valence-corrected chi connectivity index (χ4v) is 5.12. The number of halogens is 1. The van der Waals surface area contributed by atoms with Crippen LogP contribution in [-0.4, -0.2) is 48.1 Å². The largest absolute Gasteiger partial charge is 0.465 e. The van der Waals surface area contributed by atoms with Crippen LogP contribution in [0.3, 0.4) is 0 Å². The average Bonchev–Trinajstić information content (AvgIpc) is 2.81. The van der Waals surface area contributed by atoms with Gasteiger partial charge in [-0.2, -0.15) is 0 Å². The van der Waals surface area contributed by atoms with E-state index >= 15 is 0 Å². The normalized spacial score (nSPS) is 14.7. The second kappa shape index (κ2) is 10.1. The van der Waals surface area contributed by atoms with E-state index in [0.717, 1.165) is 37.5 Å². The van der Waals surface area contributed by atoms with E-state index in [1.807, 2.05) is 12.3 Å². The molecule has 0 amide bonds. The number of carbonyl (C=O) groups is 1. The zero-order chi connectivity index (χ0) is 22.7. The highest BCUT2D eigenvalue weighted by atomic mass is 35.5. The number of thioether (sulfide) groups is 1. The van der Waals surface area contributed by atoms with Crippen molar-refractivity contribution in [2.24, 2.45) is 5.92 Å². The maximum Gasteiger partial charge on any atom is 0.326 e. The lowest BCUT2D eigenvalue weighted by atomic mass is 10.0. The highest BCUT2D eigenvalue weighted by Gasteiger charge is 2.20. The van der Waals surface area contributed by atoms with Crippen LogP contribution in [0.1, 0.15) is 19.8 Å². The summed E-state index contributed by atoms with van der Waals surface area (Å²) in [6.07, 6.45) is 3.91. The molecule has 0 aliphatic carbocycles. The van der Waals surface area contributed by atoms with Crippen molar-refractivity contribution >= 4 is 57.1 Å². The fraction of sp³-hybridized carbons (Fsp3) is 0.435. The van der Waals surface area contributed by atoms with Crippen LogP contribution in [0, 0.1) is 5.92 Å². The van der Waals surface area contributed by atoms with Gasteiger partial charge in [0, 0.05) is 25.1 Å². The molecule has 7 nitrogen and oxygen atoms in total. The van der Waals surface area contributed by atoms with E-state index in [-0.39, 0.29) is 18.6 Å². The second-order valence-electron chi connectivity index (χ2n) is 7.70. The minimum atomic E-state index is -0.395. The minimum Gasteiger partial charge on any atom is -0.465 e. The first-order chi connectivity index (χ1) is 15.5. The van der Waals surface area contributed by atoms with Crippen LogP contribution in [0.25, 0.3) is 21.9 Å². The van der Waals surface area contributed by atoms with Crippen molar-refractivity contribution in [3.63, 3.8) is 0 Å². The van der Waals surface area contributed by atoms with Crippen molar-refractivity contribution in [1.82, 2.24) is 9.55 Å². The molecule has 1 saturated heterocycles. The van der Waals surface area contributed by atoms with Gasteiger partial charge in [0.1, 0.15) is 18.0 Å². The van der Waals surface area contributed by atoms with Crippen LogP contribution in [-0.2, 0) is 20.8 Å². The van der Waals surface area contributed by atoms with Crippen molar-refractivity contribution in [3.05, 3.63) is 39.5 Å². The molecule has 4 rings (SSSR count). The van der Waals surface area contributed by atoms with Crippen LogP contribution in [0.4, 0.5) is 5.82 Å². The van der Waals surface area contributed by atoms with E-state index < -0.39 is 5.97 Å². The molecule has 0 saturated carbocycles. The summed E-state index contributed by atoms with van der Waals surface area (Å²) in [4.78, 5) is 31.2. The van der Waals surface area contributed by atoms with Crippen LogP contribution in [0.5, 0.6) is 0 Å². The molecule has 0 atom stereocenters. The number of nitrogens with zero attached hydrogens (tertiary/aromatic N) is 2. The van der Waals surface area contributed by atoms with Crippen molar-refractivity contribution in [1.29, 1.82) is 0 Å². The number of ether oxygens (including phenoxy) is 2. The van der Waals surface area contributed by atoms with Crippen LogP contribution in [0.2, 0.25) is 5.02 Å². The number of nitrogens with one attached hydrogen (secondary N) is 1. The fourth-order valence-electron chi connectivity index (χ4n) is 4.06. The molecule has 1 aliphatic rings. The Bertz CT molecular complexity index is 1210. The molecule has 2 aromatic heterocycles. The summed E-state index contributed by atoms with van der Waals surface area (Å²) in [5, 5.41) is 4.87. The molecule has 1 aliphatic heterocycles. The van der Waals surface area contributed by atoms with Gasteiger partial charge >= 0.3 is 5.97 Å². The molecule has 0 spiro atoms. The number of aromatic nitrogens is 2. The summed E-state index contributed by atoms with van der Waals surface area (Å²) in [6, 6.07) is 7.01. The maximum atomic E-state index is 13.3. The monoisotopic (exact) mass is 475 g/mol. The van der Waals surface area contributed by atoms with Crippen LogP contribution < -0.4 is 10.7 Å². The van der Waals surface area contributed by atoms with Gasteiger partial charge in [0.2, 0.25) is 0 Å². The summed E-state index contributed by atoms with van der Waals surface area (Å²) < 4.78 is 12.4. The molecule has 1 fully saturated rings. The first kappa shape index (κ1) is 22.9. The summed E-state index contributed by atoms with van der Waals surface area (Å²) >= 11 is 7.88. The molecule has 9 heteroatoms. The molecule has 0 bridgehead atoms. The van der Waals surface area contributed by atoms with Gasteiger partial charge < -0.3 is 19.4 Å². The lowest BCUT2D eigenvalue weighted by molar-refractivity contribution is -0.143. The molecule has 170 valence electrons. The van der Waals surface area contributed by atoms with Gasteiger partial charge in [-0.05, 0) is 56.2 Å². The number of hydrogen-bond acceptors (Lipinski definition) is 7. The third-order valence-electron chi connectivity index (χ3n) is 5.68. The summed E-state index contributed by atoms with van der Waals surface area (Å²) in [7, 11) is 0. The van der Waals surface area contributed by atoms with E-state index in [1.165, 1.54) is 11.8 Å². The predicted octanol–water partition coefficient (Wildman–Crippen LogP) is 4.33. The van der Waals surface area contributed by atoms with Crippen LogP contribution in [0.15, 0.2) is 34.0 Å². The number of anilines is 1. The Morgan fingerprint density at radius 2 is 2.03 bits per heavy atom. The van der Waals surface area contributed by atoms with Gasteiger partial charge in [0.15, 0.2) is 5.43 Å². The minimum absolute atomic E-state index is 0.0640. The molecular formula is C23H26ClN3O4S. The molecular weight excluding hydrogens is 450 g/mol. The van der Waals surface area contributed by atoms with Crippen molar-refractivity contribution in [3.8, 4) is 0 Å². The van der Waals surface area contributed by atoms with E-state index in [1.54, 1.807) is 29.7 Å². The Balaban J connectivity index is 1.86. The molecule has 0 radical (unpaired) electrons. The van der Waals surface area contributed by atoms with Crippen molar-refractivity contribution in [2.75, 3.05) is 37.9 Å². The van der Waals surface area contributed by atoms with Gasteiger partial charge in [-0.1, -0.05) is 11.6 Å². The predicted molar refractivity (Wildman–Crippen MR) is 129 cm³/mol. The number of rotatable bonds is 7. The number of pyridine rings is 2. The van der Waals surface area contributed by atoms with Gasteiger partial charge in [0.25, 0.3) is 0 Å². The zero-order valence-corrected chi connectivity index (χ0v) is 19.7. The summed E-state index contributed by atoms with van der Waals surface area (Å²) in [5.74, 6) is 0.780. The third kappa shape index (κ3) is 4.58. The zero-order valence-electron chi connectivity index (χ0n) is 18.2. The number of fused-ring (bicyclic) bond motifs is 2. The first-order valence-electron chi connectivity index (χ1n) is 10.7. The Morgan fingerprint density at radius 3 is 2.75 bits per heavy atom. The molecule has 32 heavy (non-hydrogen) atoms. The number of carbonyl (C=O) groups excluding carboxylic acids is 1. The standard InChI is InChI=1S/C23H26ClN3O4S/c1-3-31-19(28)13-27-20-15(4-6-17(24)22(20)32-2)21(29)16-5-7-18(26-23(16)27)25-12-14-8-10-30-11-9-14/h4-7,14H,3,8-13H2,1-2H3,(H,25,26).